The van der Waals surface area contributed by atoms with Gasteiger partial charge in [0.1, 0.15) is 0 Å². The van der Waals surface area contributed by atoms with Crippen LogP contribution in [-0.4, -0.2) is 32.1 Å². The Kier molecular flexibility index (Phi) is 4.26. The highest BCUT2D eigenvalue weighted by Crippen LogP contribution is 2.53. The fraction of sp³-hybridized carbons (Fsp3) is 0.650. The van der Waals surface area contributed by atoms with Crippen molar-refractivity contribution < 1.29 is 4.79 Å². The molecule has 3 aliphatic rings. The summed E-state index contributed by atoms with van der Waals surface area (Å²) in [4.78, 5) is 15.4. The number of anilines is 3. The van der Waals surface area contributed by atoms with Crippen LogP contribution in [0.3, 0.4) is 0 Å². The van der Waals surface area contributed by atoms with Crippen LogP contribution in [0.25, 0.3) is 0 Å². The molecule has 1 saturated heterocycles. The Labute approximate surface area is 150 Å². The van der Waals surface area contributed by atoms with Gasteiger partial charge >= 0.3 is 0 Å². The maximum atomic E-state index is 13.0. The number of amides is 1. The maximum Gasteiger partial charge on any atom is 0.253 e. The van der Waals surface area contributed by atoms with Crippen molar-refractivity contribution in [2.24, 2.45) is 5.41 Å². The van der Waals surface area contributed by atoms with E-state index in [1.165, 1.54) is 38.5 Å². The lowest BCUT2D eigenvalue weighted by molar-refractivity contribution is 0.0928. The van der Waals surface area contributed by atoms with Crippen molar-refractivity contribution in [2.45, 2.75) is 57.4 Å². The summed E-state index contributed by atoms with van der Waals surface area (Å²) in [6.45, 7) is 2.11. The number of nitrogens with two attached hydrogens (primary N) is 1. The zero-order valence-corrected chi connectivity index (χ0v) is 15.2. The van der Waals surface area contributed by atoms with Gasteiger partial charge < -0.3 is 21.3 Å². The maximum absolute atomic E-state index is 13.0. The van der Waals surface area contributed by atoms with Gasteiger partial charge in [-0.15, -0.1) is 0 Å². The predicted molar refractivity (Wildman–Crippen MR) is 103 cm³/mol. The second kappa shape index (κ2) is 6.43. The van der Waals surface area contributed by atoms with Gasteiger partial charge in [0.2, 0.25) is 0 Å². The number of nitrogens with one attached hydrogen (secondary N) is 2. The van der Waals surface area contributed by atoms with Crippen molar-refractivity contribution in [3.05, 3.63) is 17.7 Å². The minimum absolute atomic E-state index is 0.0352. The van der Waals surface area contributed by atoms with Crippen molar-refractivity contribution in [3.63, 3.8) is 0 Å². The highest BCUT2D eigenvalue weighted by atomic mass is 16.1. The molecule has 25 heavy (non-hydrogen) atoms. The third kappa shape index (κ3) is 3.29. The number of carbonyl (C=O) groups is 1. The summed E-state index contributed by atoms with van der Waals surface area (Å²) in [5.74, 6) is 0.0352. The molecule has 0 atom stereocenters. The molecule has 5 heteroatoms. The third-order valence-electron chi connectivity index (χ3n) is 6.36. The van der Waals surface area contributed by atoms with Crippen molar-refractivity contribution in [2.75, 3.05) is 36.1 Å². The van der Waals surface area contributed by atoms with Gasteiger partial charge in [0.05, 0.1) is 22.6 Å². The number of nitrogens with zero attached hydrogens (tertiary/aromatic N) is 1. The van der Waals surface area contributed by atoms with Gasteiger partial charge in [-0.1, -0.05) is 19.3 Å². The van der Waals surface area contributed by atoms with Gasteiger partial charge in [-0.05, 0) is 49.7 Å². The van der Waals surface area contributed by atoms with E-state index in [2.05, 4.69) is 21.6 Å². The highest BCUT2D eigenvalue weighted by molar-refractivity contribution is 6.02. The first kappa shape index (κ1) is 16.6. The number of nitrogen functional groups attached to an aromatic ring is 1. The van der Waals surface area contributed by atoms with E-state index >= 15 is 0 Å². The summed E-state index contributed by atoms with van der Waals surface area (Å²) >= 11 is 0. The molecule has 4 rings (SSSR count). The largest absolute Gasteiger partial charge is 0.397 e. The van der Waals surface area contributed by atoms with Crippen LogP contribution < -0.4 is 21.3 Å². The smallest absolute Gasteiger partial charge is 0.253 e. The van der Waals surface area contributed by atoms with Crippen molar-refractivity contribution >= 4 is 23.0 Å². The molecule has 1 aliphatic heterocycles. The van der Waals surface area contributed by atoms with Gasteiger partial charge in [0.25, 0.3) is 5.91 Å². The summed E-state index contributed by atoms with van der Waals surface area (Å²) < 4.78 is 0. The average molecular weight is 342 g/mol. The molecule has 1 aromatic carbocycles. The fourth-order valence-corrected chi connectivity index (χ4v) is 4.50. The van der Waals surface area contributed by atoms with Crippen LogP contribution in [0, 0.1) is 5.41 Å². The molecule has 3 fully saturated rings. The van der Waals surface area contributed by atoms with Gasteiger partial charge in [-0.2, -0.15) is 0 Å². The molecule has 4 N–H and O–H groups in total. The molecule has 5 nitrogen and oxygen atoms in total. The molecule has 136 valence electrons. The molecule has 1 spiro atoms. The first-order valence-corrected chi connectivity index (χ1v) is 9.77. The van der Waals surface area contributed by atoms with Crippen LogP contribution in [0.4, 0.5) is 17.1 Å². The monoisotopic (exact) mass is 342 g/mol. The van der Waals surface area contributed by atoms with E-state index in [0.29, 0.717) is 17.1 Å². The lowest BCUT2D eigenvalue weighted by atomic mass is 9.95. The Hall–Kier alpha value is -1.91. The van der Waals surface area contributed by atoms with Crippen LogP contribution in [0.5, 0.6) is 0 Å². The van der Waals surface area contributed by atoms with Crippen LogP contribution in [0.2, 0.25) is 0 Å². The summed E-state index contributed by atoms with van der Waals surface area (Å²) in [5, 5.41) is 6.42. The summed E-state index contributed by atoms with van der Waals surface area (Å²) in [5.41, 5.74) is 10.0. The molecule has 0 aromatic heterocycles. The van der Waals surface area contributed by atoms with E-state index < -0.39 is 0 Å². The molecule has 1 heterocycles. The number of hydrogen-bond donors (Lipinski definition) is 3. The van der Waals surface area contributed by atoms with Gasteiger partial charge in [-0.3, -0.25) is 4.79 Å². The molecule has 0 bridgehead atoms. The minimum atomic E-state index is 0.0352. The van der Waals surface area contributed by atoms with E-state index in [1.54, 1.807) is 0 Å². The van der Waals surface area contributed by atoms with Crippen molar-refractivity contribution in [1.82, 2.24) is 5.32 Å². The SMILES string of the molecule is CNc1cc(N2CCC3(CC3)C2)c(C(=O)NC2CCCCC2)cc1N. The average Bonchev–Trinajstić information content (AvgIpc) is 3.25. The third-order valence-corrected chi connectivity index (χ3v) is 6.36. The topological polar surface area (TPSA) is 70.4 Å². The van der Waals surface area contributed by atoms with Crippen molar-refractivity contribution in [3.8, 4) is 0 Å². The summed E-state index contributed by atoms with van der Waals surface area (Å²) in [6.07, 6.45) is 9.83. The zero-order chi connectivity index (χ0) is 17.4. The second-order valence-electron chi connectivity index (χ2n) is 8.19. The number of benzene rings is 1. The standard InChI is InChI=1S/C20H30N4O/c1-22-17-12-18(24-10-9-20(13-24)7-8-20)15(11-16(17)21)19(25)23-14-5-3-2-4-6-14/h11-12,14,22H,2-10,13,21H2,1H3,(H,23,25). The minimum Gasteiger partial charge on any atom is -0.397 e. The lowest BCUT2D eigenvalue weighted by Crippen LogP contribution is -2.37. The second-order valence-corrected chi connectivity index (χ2v) is 8.19. The first-order chi connectivity index (χ1) is 12.1. The predicted octanol–water partition coefficient (Wildman–Crippen LogP) is 3.36. The van der Waals surface area contributed by atoms with Gasteiger partial charge in [0.15, 0.2) is 0 Å². The summed E-state index contributed by atoms with van der Waals surface area (Å²) in [6, 6.07) is 4.23. The number of hydrogen-bond acceptors (Lipinski definition) is 4. The normalized spacial score (nSPS) is 22.2. The van der Waals surface area contributed by atoms with Crippen LogP contribution in [-0.2, 0) is 0 Å². The zero-order valence-electron chi connectivity index (χ0n) is 15.2. The van der Waals surface area contributed by atoms with Gasteiger partial charge in [0, 0.05) is 26.2 Å². The van der Waals surface area contributed by atoms with E-state index in [4.69, 9.17) is 5.73 Å². The first-order valence-electron chi connectivity index (χ1n) is 9.77. The molecular formula is C20H30N4O. The quantitative estimate of drug-likeness (QED) is 0.734. The van der Waals surface area contributed by atoms with Gasteiger partial charge in [-0.25, -0.2) is 0 Å². The van der Waals surface area contributed by atoms with Crippen LogP contribution in [0.1, 0.15) is 61.7 Å². The number of rotatable bonds is 4. The van der Waals surface area contributed by atoms with E-state index in [9.17, 15) is 4.79 Å². The van der Waals surface area contributed by atoms with E-state index in [-0.39, 0.29) is 5.91 Å². The molecule has 0 unspecified atom stereocenters. The molecule has 1 amide bonds. The van der Waals surface area contributed by atoms with Crippen LogP contribution >= 0.6 is 0 Å². The Morgan fingerprint density at radius 1 is 1.20 bits per heavy atom. The fourth-order valence-electron chi connectivity index (χ4n) is 4.50. The van der Waals surface area contributed by atoms with E-state index in [0.717, 1.165) is 42.9 Å². The number of carbonyl (C=O) groups excluding carboxylic acids is 1. The lowest BCUT2D eigenvalue weighted by Gasteiger charge is -2.26. The molecular weight excluding hydrogens is 312 g/mol. The van der Waals surface area contributed by atoms with E-state index in [1.807, 2.05) is 13.1 Å². The Bertz CT molecular complexity index is 662. The molecule has 2 saturated carbocycles. The highest BCUT2D eigenvalue weighted by Gasteiger charge is 2.48. The molecule has 2 aliphatic carbocycles. The Balaban J connectivity index is 1.60. The Morgan fingerprint density at radius 3 is 2.60 bits per heavy atom. The summed E-state index contributed by atoms with van der Waals surface area (Å²) in [7, 11) is 1.88. The van der Waals surface area contributed by atoms with Crippen LogP contribution in [0.15, 0.2) is 12.1 Å². The van der Waals surface area contributed by atoms with Crippen molar-refractivity contribution in [1.29, 1.82) is 0 Å². The molecule has 0 radical (unpaired) electrons. The molecule has 1 aromatic rings. The Morgan fingerprint density at radius 2 is 1.96 bits per heavy atom.